The highest BCUT2D eigenvalue weighted by molar-refractivity contribution is 9.11. The summed E-state index contributed by atoms with van der Waals surface area (Å²) in [6.07, 6.45) is 0.852. The van der Waals surface area contributed by atoms with Gasteiger partial charge in [0.1, 0.15) is 6.54 Å². The summed E-state index contributed by atoms with van der Waals surface area (Å²) in [5.41, 5.74) is 1.10. The molecule has 0 bridgehead atoms. The zero-order valence-corrected chi connectivity index (χ0v) is 9.69. The molecule has 1 aromatic rings. The number of carbonyl (C=O) groups is 1. The van der Waals surface area contributed by atoms with Gasteiger partial charge < -0.3 is 4.90 Å². The number of hydrogen-bond donors (Lipinski definition) is 0. The number of rotatable bonds is 1. The maximum absolute atomic E-state index is 11.8. The van der Waals surface area contributed by atoms with Crippen LogP contribution in [0.15, 0.2) is 9.85 Å². The Morgan fingerprint density at radius 3 is 3.21 bits per heavy atom. The number of fused-ring (bicyclic) bond motifs is 1. The van der Waals surface area contributed by atoms with E-state index in [1.54, 1.807) is 4.90 Å². The number of halogens is 1. The van der Waals surface area contributed by atoms with Crippen LogP contribution in [0.5, 0.6) is 0 Å². The fraction of sp³-hybridized carbons (Fsp3) is 0.333. The summed E-state index contributed by atoms with van der Waals surface area (Å²) >= 11 is 4.81. The Balaban J connectivity index is 2.32. The molecule has 0 N–H and O–H groups in total. The summed E-state index contributed by atoms with van der Waals surface area (Å²) in [6.45, 7) is 0.844. The van der Waals surface area contributed by atoms with E-state index in [0.29, 0.717) is 6.54 Å². The first-order valence-electron chi connectivity index (χ1n) is 4.17. The van der Waals surface area contributed by atoms with Gasteiger partial charge in [-0.2, -0.15) is 5.26 Å². The van der Waals surface area contributed by atoms with Gasteiger partial charge in [0, 0.05) is 6.54 Å². The topological polar surface area (TPSA) is 44.1 Å². The zero-order valence-electron chi connectivity index (χ0n) is 7.29. The van der Waals surface area contributed by atoms with Gasteiger partial charge in [-0.3, -0.25) is 4.79 Å². The molecule has 3 nitrogen and oxygen atoms in total. The van der Waals surface area contributed by atoms with Crippen molar-refractivity contribution in [3.63, 3.8) is 0 Å². The summed E-state index contributed by atoms with van der Waals surface area (Å²) < 4.78 is 0.981. The highest BCUT2D eigenvalue weighted by atomic mass is 79.9. The second kappa shape index (κ2) is 3.71. The largest absolute Gasteiger partial charge is 0.324 e. The molecule has 0 saturated carbocycles. The SMILES string of the molecule is N#CCN1CCc2cc(Br)sc2C1=O. The number of hydrogen-bond acceptors (Lipinski definition) is 3. The van der Waals surface area contributed by atoms with Crippen molar-refractivity contribution < 1.29 is 4.79 Å². The van der Waals surface area contributed by atoms with Crippen molar-refractivity contribution in [2.45, 2.75) is 6.42 Å². The Hall–Kier alpha value is -0.860. The van der Waals surface area contributed by atoms with Gasteiger partial charge in [0.25, 0.3) is 5.91 Å². The van der Waals surface area contributed by atoms with Crippen LogP contribution in [0.1, 0.15) is 15.2 Å². The van der Waals surface area contributed by atoms with Gasteiger partial charge in [-0.1, -0.05) is 0 Å². The summed E-state index contributed by atoms with van der Waals surface area (Å²) in [4.78, 5) is 14.1. The third-order valence-corrected chi connectivity index (χ3v) is 3.84. The lowest BCUT2D eigenvalue weighted by atomic mass is 10.1. The van der Waals surface area contributed by atoms with Crippen LogP contribution < -0.4 is 0 Å². The first-order valence-corrected chi connectivity index (χ1v) is 5.77. The minimum Gasteiger partial charge on any atom is -0.324 e. The average molecular weight is 271 g/mol. The Kier molecular flexibility index (Phi) is 2.57. The number of amides is 1. The van der Waals surface area contributed by atoms with E-state index < -0.39 is 0 Å². The number of thiophene rings is 1. The molecule has 72 valence electrons. The molecule has 1 amide bonds. The first-order chi connectivity index (χ1) is 6.72. The molecule has 0 fully saturated rings. The molecule has 0 atom stereocenters. The predicted molar refractivity (Wildman–Crippen MR) is 57.2 cm³/mol. The fourth-order valence-corrected chi connectivity index (χ4v) is 3.17. The van der Waals surface area contributed by atoms with E-state index in [2.05, 4.69) is 15.9 Å². The Morgan fingerprint density at radius 2 is 2.50 bits per heavy atom. The highest BCUT2D eigenvalue weighted by Crippen LogP contribution is 2.31. The molecule has 0 spiro atoms. The van der Waals surface area contributed by atoms with Crippen LogP contribution in [0.25, 0.3) is 0 Å². The van der Waals surface area contributed by atoms with E-state index >= 15 is 0 Å². The molecule has 0 saturated heterocycles. The molecule has 14 heavy (non-hydrogen) atoms. The van der Waals surface area contributed by atoms with Crippen LogP contribution in [0.3, 0.4) is 0 Å². The second-order valence-electron chi connectivity index (χ2n) is 3.04. The van der Waals surface area contributed by atoms with Crippen molar-refractivity contribution >= 4 is 33.2 Å². The average Bonchev–Trinajstić information content (AvgIpc) is 2.52. The number of nitrogens with zero attached hydrogens (tertiary/aromatic N) is 2. The van der Waals surface area contributed by atoms with Crippen molar-refractivity contribution in [3.8, 4) is 6.07 Å². The summed E-state index contributed by atoms with van der Waals surface area (Å²) in [7, 11) is 0. The molecule has 1 aliphatic heterocycles. The summed E-state index contributed by atoms with van der Waals surface area (Å²) in [5.74, 6) is -0.0106. The lowest BCUT2D eigenvalue weighted by molar-refractivity contribution is 0.0767. The third-order valence-electron chi connectivity index (χ3n) is 2.17. The third kappa shape index (κ3) is 1.56. The maximum Gasteiger partial charge on any atom is 0.265 e. The van der Waals surface area contributed by atoms with Crippen molar-refractivity contribution in [1.29, 1.82) is 5.26 Å². The quantitative estimate of drug-likeness (QED) is 0.733. The van der Waals surface area contributed by atoms with E-state index in [0.717, 1.165) is 20.6 Å². The summed E-state index contributed by atoms with van der Waals surface area (Å²) in [6, 6.07) is 3.99. The van der Waals surface area contributed by atoms with Crippen LogP contribution in [-0.2, 0) is 6.42 Å². The van der Waals surface area contributed by atoms with Crippen LogP contribution in [0.2, 0.25) is 0 Å². The van der Waals surface area contributed by atoms with Gasteiger partial charge in [0.15, 0.2) is 0 Å². The summed E-state index contributed by atoms with van der Waals surface area (Å²) in [5, 5.41) is 8.54. The molecule has 1 aliphatic rings. The standard InChI is InChI=1S/C9H7BrN2OS/c10-7-5-6-1-3-12(4-2-11)9(13)8(6)14-7/h5H,1,3-4H2. The smallest absolute Gasteiger partial charge is 0.265 e. The van der Waals surface area contributed by atoms with E-state index in [-0.39, 0.29) is 12.5 Å². The molecule has 2 rings (SSSR count). The van der Waals surface area contributed by atoms with Crippen molar-refractivity contribution in [2.75, 3.05) is 13.1 Å². The minimum absolute atomic E-state index is 0.0106. The predicted octanol–water partition coefficient (Wildman–Crippen LogP) is 2.03. The highest BCUT2D eigenvalue weighted by Gasteiger charge is 2.26. The first kappa shape index (κ1) is 9.69. The molecule has 2 heterocycles. The van der Waals surface area contributed by atoms with E-state index in [4.69, 9.17) is 5.26 Å². The monoisotopic (exact) mass is 270 g/mol. The lowest BCUT2D eigenvalue weighted by Gasteiger charge is -2.23. The van der Waals surface area contributed by atoms with Gasteiger partial charge in [-0.25, -0.2) is 0 Å². The molecule has 0 radical (unpaired) electrons. The fourth-order valence-electron chi connectivity index (χ4n) is 1.50. The number of nitriles is 1. The van der Waals surface area contributed by atoms with Gasteiger partial charge >= 0.3 is 0 Å². The van der Waals surface area contributed by atoms with E-state index in [1.165, 1.54) is 11.3 Å². The van der Waals surface area contributed by atoms with Crippen molar-refractivity contribution in [3.05, 3.63) is 20.3 Å². The molecule has 1 aromatic heterocycles. The Morgan fingerprint density at radius 1 is 1.71 bits per heavy atom. The van der Waals surface area contributed by atoms with Gasteiger partial charge in [-0.15, -0.1) is 11.3 Å². The van der Waals surface area contributed by atoms with Gasteiger partial charge in [-0.05, 0) is 34.0 Å². The van der Waals surface area contributed by atoms with E-state index in [1.807, 2.05) is 12.1 Å². The Bertz CT molecular complexity index is 421. The molecule has 0 aromatic carbocycles. The number of carbonyl (C=O) groups excluding carboxylic acids is 1. The van der Waals surface area contributed by atoms with Crippen LogP contribution in [0, 0.1) is 11.3 Å². The van der Waals surface area contributed by atoms with Crippen LogP contribution >= 0.6 is 27.3 Å². The van der Waals surface area contributed by atoms with Gasteiger partial charge in [0.2, 0.25) is 0 Å². The lowest BCUT2D eigenvalue weighted by Crippen LogP contribution is -2.36. The van der Waals surface area contributed by atoms with Crippen molar-refractivity contribution in [1.82, 2.24) is 4.90 Å². The van der Waals surface area contributed by atoms with E-state index in [9.17, 15) is 4.79 Å². The Labute approximate surface area is 94.1 Å². The molecule has 0 unspecified atom stereocenters. The minimum atomic E-state index is -0.0106. The van der Waals surface area contributed by atoms with Gasteiger partial charge in [0.05, 0.1) is 14.7 Å². The molecule has 0 aliphatic carbocycles. The molecule has 5 heteroatoms. The zero-order chi connectivity index (χ0) is 10.1. The van der Waals surface area contributed by atoms with Crippen molar-refractivity contribution in [2.24, 2.45) is 0 Å². The second-order valence-corrected chi connectivity index (χ2v) is 5.47. The van der Waals surface area contributed by atoms with Crippen LogP contribution in [-0.4, -0.2) is 23.9 Å². The molecular weight excluding hydrogens is 264 g/mol. The molecular formula is C9H7BrN2OS. The normalized spacial score (nSPS) is 15.1. The maximum atomic E-state index is 11.8. The van der Waals surface area contributed by atoms with Crippen LogP contribution in [0.4, 0.5) is 0 Å².